The van der Waals surface area contributed by atoms with E-state index in [4.69, 9.17) is 30.4 Å². The zero-order valence-electron chi connectivity index (χ0n) is 23.8. The van der Waals surface area contributed by atoms with E-state index in [0.29, 0.717) is 41.8 Å². The van der Waals surface area contributed by atoms with Crippen molar-refractivity contribution >= 4 is 17.5 Å². The maximum Gasteiger partial charge on any atom is 0.253 e. The van der Waals surface area contributed by atoms with Gasteiger partial charge in [-0.3, -0.25) is 9.59 Å². The van der Waals surface area contributed by atoms with E-state index in [1.54, 1.807) is 36.4 Å². The van der Waals surface area contributed by atoms with Crippen LogP contribution in [0.25, 0.3) is 11.1 Å². The predicted molar refractivity (Wildman–Crippen MR) is 164 cm³/mol. The molecular weight excluding hydrogens is 546 g/mol. The van der Waals surface area contributed by atoms with Crippen molar-refractivity contribution in [1.29, 1.82) is 0 Å². The van der Waals surface area contributed by atoms with Crippen molar-refractivity contribution in [2.75, 3.05) is 20.0 Å². The van der Waals surface area contributed by atoms with Crippen LogP contribution in [0.3, 0.4) is 0 Å². The maximum absolute atomic E-state index is 13.9. The van der Waals surface area contributed by atoms with Crippen LogP contribution in [-0.2, 0) is 13.2 Å². The Balaban J connectivity index is 1.47. The van der Waals surface area contributed by atoms with Crippen molar-refractivity contribution in [3.63, 3.8) is 0 Å². The van der Waals surface area contributed by atoms with Gasteiger partial charge in [0.1, 0.15) is 19.0 Å². The number of anilines is 1. The largest absolute Gasteiger partial charge is 0.493 e. The van der Waals surface area contributed by atoms with E-state index >= 15 is 0 Å². The van der Waals surface area contributed by atoms with Gasteiger partial charge in [-0.15, -0.1) is 0 Å². The van der Waals surface area contributed by atoms with Gasteiger partial charge in [0.05, 0.1) is 25.5 Å². The lowest BCUT2D eigenvalue weighted by atomic mass is 9.96. The van der Waals surface area contributed by atoms with Gasteiger partial charge < -0.3 is 35.4 Å². The summed E-state index contributed by atoms with van der Waals surface area (Å²) in [5.74, 6) is 0.511. The Bertz CT molecular complexity index is 1750. The Kier molecular flexibility index (Phi) is 8.62. The molecule has 0 spiro atoms. The molecule has 43 heavy (non-hydrogen) atoms. The number of ether oxygens (including phenoxy) is 4. The third kappa shape index (κ3) is 6.31. The minimum absolute atomic E-state index is 0.00173. The summed E-state index contributed by atoms with van der Waals surface area (Å²) in [4.78, 5) is 29.3. The number of methoxy groups -OCH3 is 2. The van der Waals surface area contributed by atoms with E-state index in [2.05, 4.69) is 4.98 Å². The van der Waals surface area contributed by atoms with Gasteiger partial charge in [0, 0.05) is 11.1 Å². The van der Waals surface area contributed by atoms with Crippen LogP contribution in [-0.4, -0.2) is 30.9 Å². The normalized spacial score (nSPS) is 10.7. The van der Waals surface area contributed by atoms with Crippen molar-refractivity contribution in [2.45, 2.75) is 13.2 Å². The maximum atomic E-state index is 13.9. The first kappa shape index (κ1) is 28.8. The molecule has 5 aromatic rings. The highest BCUT2D eigenvalue weighted by Crippen LogP contribution is 2.39. The lowest BCUT2D eigenvalue weighted by molar-refractivity contribution is 0.100. The molecule has 0 saturated carbocycles. The van der Waals surface area contributed by atoms with Gasteiger partial charge in [-0.2, -0.15) is 0 Å². The molecule has 5 N–H and O–H groups in total. The van der Waals surface area contributed by atoms with Crippen molar-refractivity contribution in [3.8, 4) is 34.1 Å². The van der Waals surface area contributed by atoms with Crippen LogP contribution in [0.2, 0.25) is 0 Å². The smallest absolute Gasteiger partial charge is 0.253 e. The van der Waals surface area contributed by atoms with Gasteiger partial charge >= 0.3 is 0 Å². The van der Waals surface area contributed by atoms with E-state index in [1.165, 1.54) is 14.2 Å². The van der Waals surface area contributed by atoms with E-state index in [1.807, 2.05) is 60.7 Å². The number of carbonyl (C=O) groups excluding carboxylic acids is 2. The fraction of sp³-hybridized carbons (Fsp3) is 0.118. The Hall–Kier alpha value is -5.70. The molecule has 218 valence electrons. The molecule has 9 nitrogen and oxygen atoms in total. The van der Waals surface area contributed by atoms with Crippen molar-refractivity contribution in [2.24, 2.45) is 5.73 Å². The number of H-pyrrole nitrogens is 1. The first-order valence-electron chi connectivity index (χ1n) is 13.5. The van der Waals surface area contributed by atoms with E-state index in [0.717, 1.165) is 11.1 Å². The van der Waals surface area contributed by atoms with Gasteiger partial charge in [-0.1, -0.05) is 66.7 Å². The van der Waals surface area contributed by atoms with Crippen LogP contribution in [0.5, 0.6) is 23.0 Å². The average molecular weight is 578 g/mol. The molecule has 1 amide bonds. The molecule has 0 saturated heterocycles. The van der Waals surface area contributed by atoms with Gasteiger partial charge in [0.15, 0.2) is 23.0 Å². The molecule has 4 aromatic carbocycles. The van der Waals surface area contributed by atoms with Crippen LogP contribution >= 0.6 is 0 Å². The van der Waals surface area contributed by atoms with Crippen molar-refractivity contribution < 1.29 is 28.5 Å². The summed E-state index contributed by atoms with van der Waals surface area (Å²) >= 11 is 0. The number of aromatic nitrogens is 1. The van der Waals surface area contributed by atoms with Gasteiger partial charge in [0.25, 0.3) is 5.91 Å². The van der Waals surface area contributed by atoms with Crippen LogP contribution in [0.15, 0.2) is 97.1 Å². The van der Waals surface area contributed by atoms with Crippen molar-refractivity contribution in [3.05, 3.63) is 125 Å². The molecule has 0 radical (unpaired) electrons. The number of hydrogen-bond donors (Lipinski definition) is 3. The van der Waals surface area contributed by atoms with E-state index < -0.39 is 11.7 Å². The van der Waals surface area contributed by atoms with Gasteiger partial charge in [0.2, 0.25) is 5.78 Å². The summed E-state index contributed by atoms with van der Waals surface area (Å²) in [5, 5.41) is 0. The summed E-state index contributed by atoms with van der Waals surface area (Å²) in [7, 11) is 3.00. The first-order valence-corrected chi connectivity index (χ1v) is 13.5. The molecule has 1 aromatic heterocycles. The summed E-state index contributed by atoms with van der Waals surface area (Å²) in [6.45, 7) is 0.660. The third-order valence-electron chi connectivity index (χ3n) is 6.85. The minimum atomic E-state index is -0.784. The molecule has 5 rings (SSSR count). The van der Waals surface area contributed by atoms with Crippen molar-refractivity contribution in [1.82, 2.24) is 4.98 Å². The summed E-state index contributed by atoms with van der Waals surface area (Å²) < 4.78 is 23.0. The number of rotatable bonds is 12. The number of benzene rings is 4. The van der Waals surface area contributed by atoms with Crippen LogP contribution in [0.1, 0.15) is 37.5 Å². The zero-order chi connectivity index (χ0) is 30.3. The molecule has 0 bridgehead atoms. The van der Waals surface area contributed by atoms with Gasteiger partial charge in [-0.05, 0) is 47.0 Å². The Morgan fingerprint density at radius 3 is 1.77 bits per heavy atom. The number of aromatic amines is 1. The average Bonchev–Trinajstić information content (AvgIpc) is 3.40. The highest BCUT2D eigenvalue weighted by molar-refractivity contribution is 6.17. The number of carbonyl (C=O) groups is 2. The number of hydrogen-bond acceptors (Lipinski definition) is 7. The molecule has 9 heteroatoms. The minimum Gasteiger partial charge on any atom is -0.493 e. The number of primary amides is 1. The van der Waals surface area contributed by atoms with Crippen LogP contribution in [0.4, 0.5) is 5.82 Å². The Morgan fingerprint density at radius 2 is 1.23 bits per heavy atom. The molecule has 0 unspecified atom stereocenters. The number of nitrogens with one attached hydrogen (secondary N) is 1. The van der Waals surface area contributed by atoms with Crippen LogP contribution in [0, 0.1) is 0 Å². The first-order chi connectivity index (χ1) is 20.9. The lowest BCUT2D eigenvalue weighted by Crippen LogP contribution is -2.14. The third-order valence-corrected chi connectivity index (χ3v) is 6.85. The van der Waals surface area contributed by atoms with Gasteiger partial charge in [-0.25, -0.2) is 0 Å². The summed E-state index contributed by atoms with van der Waals surface area (Å²) in [5.41, 5.74) is 15.0. The van der Waals surface area contributed by atoms with Crippen LogP contribution < -0.4 is 30.4 Å². The standard InChI is InChI=1S/C34H31N3O6/c1-40-27-17-23(13-15-25(27)42-19-21-9-5-3-6-10-21)29-30(34(36)39)33(35)37-31(29)32(38)24-14-16-26(28(18-24)41-2)43-20-22-11-7-4-8-12-22/h3-18,37H,19-20,35H2,1-2H3,(H2,36,39). The quantitative estimate of drug-likeness (QED) is 0.160. The number of ketones is 1. The second-order valence-corrected chi connectivity index (χ2v) is 9.64. The monoisotopic (exact) mass is 577 g/mol. The molecule has 0 aliphatic heterocycles. The second kappa shape index (κ2) is 12.9. The predicted octanol–water partition coefficient (Wildman–Crippen LogP) is 5.77. The zero-order valence-corrected chi connectivity index (χ0v) is 23.8. The Labute approximate surface area is 249 Å². The highest BCUT2D eigenvalue weighted by atomic mass is 16.5. The number of amides is 1. The molecule has 0 aliphatic carbocycles. The molecule has 0 fully saturated rings. The summed E-state index contributed by atoms with van der Waals surface area (Å²) in [6.07, 6.45) is 0. The highest BCUT2D eigenvalue weighted by Gasteiger charge is 2.27. The fourth-order valence-electron chi connectivity index (χ4n) is 4.72. The molecule has 1 heterocycles. The lowest BCUT2D eigenvalue weighted by Gasteiger charge is -2.14. The Morgan fingerprint density at radius 1 is 0.698 bits per heavy atom. The molecule has 0 atom stereocenters. The second-order valence-electron chi connectivity index (χ2n) is 9.64. The van der Waals surface area contributed by atoms with E-state index in [9.17, 15) is 9.59 Å². The topological polar surface area (TPSA) is 139 Å². The number of nitrogen functional groups attached to an aromatic ring is 1. The fourth-order valence-corrected chi connectivity index (χ4v) is 4.72. The summed E-state index contributed by atoms with van der Waals surface area (Å²) in [6, 6.07) is 29.4. The SMILES string of the molecule is COc1cc(C(=O)c2[nH]c(N)c(C(N)=O)c2-c2ccc(OCc3ccccc3)c(OC)c2)ccc1OCc1ccccc1. The van der Waals surface area contributed by atoms with E-state index in [-0.39, 0.29) is 28.2 Å². The molecular formula is C34H31N3O6. The number of nitrogens with two attached hydrogens (primary N) is 2. The molecule has 0 aliphatic rings.